The fourth-order valence-corrected chi connectivity index (χ4v) is 4.34. The zero-order valence-corrected chi connectivity index (χ0v) is 12.6. The van der Waals surface area contributed by atoms with Crippen molar-refractivity contribution in [2.45, 2.75) is 64.0 Å². The lowest BCUT2D eigenvalue weighted by molar-refractivity contribution is -0.129. The van der Waals surface area contributed by atoms with Crippen LogP contribution in [0.2, 0.25) is 0 Å². The maximum atomic E-state index is 12.3. The van der Waals surface area contributed by atoms with E-state index in [4.69, 9.17) is 5.73 Å². The van der Waals surface area contributed by atoms with Crippen LogP contribution in [0.3, 0.4) is 0 Å². The van der Waals surface area contributed by atoms with Crippen molar-refractivity contribution in [3.63, 3.8) is 0 Å². The van der Waals surface area contributed by atoms with E-state index in [0.29, 0.717) is 29.8 Å². The zero-order valence-electron chi connectivity index (χ0n) is 11.8. The summed E-state index contributed by atoms with van der Waals surface area (Å²) in [7, 11) is 0. The van der Waals surface area contributed by atoms with Gasteiger partial charge in [-0.15, -0.1) is 12.4 Å². The molecule has 2 unspecified atom stereocenters. The summed E-state index contributed by atoms with van der Waals surface area (Å²) in [5.41, 5.74) is 6.27. The quantitative estimate of drug-likeness (QED) is 0.819. The van der Waals surface area contributed by atoms with E-state index in [9.17, 15) is 4.79 Å². The second-order valence-corrected chi connectivity index (χ2v) is 6.98. The summed E-state index contributed by atoms with van der Waals surface area (Å²) in [5.74, 6) is 2.57. The molecule has 0 saturated heterocycles. The van der Waals surface area contributed by atoms with E-state index in [1.165, 1.54) is 32.1 Å². The molecule has 0 aromatic rings. The van der Waals surface area contributed by atoms with Gasteiger partial charge in [0, 0.05) is 18.0 Å². The highest BCUT2D eigenvalue weighted by Crippen LogP contribution is 2.42. The minimum atomic E-state index is 0. The molecule has 3 aliphatic rings. The van der Waals surface area contributed by atoms with E-state index < -0.39 is 0 Å². The van der Waals surface area contributed by atoms with Crippen LogP contribution in [-0.2, 0) is 4.79 Å². The van der Waals surface area contributed by atoms with Gasteiger partial charge in [-0.25, -0.2) is 0 Å². The number of carbonyl (C=O) groups is 1. The van der Waals surface area contributed by atoms with Gasteiger partial charge in [0.25, 0.3) is 0 Å². The standard InChI is InChI=1S/C15H26N2O.ClH/c1-9-5-13(6-9)17-15(18)12-7-10-3-2-4-11(8-12)14(10)16;/h9-14H,2-8,16H2,1H3,(H,17,18);1H. The second kappa shape index (κ2) is 6.01. The van der Waals surface area contributed by atoms with E-state index in [2.05, 4.69) is 12.2 Å². The molecule has 0 aromatic carbocycles. The maximum absolute atomic E-state index is 12.3. The van der Waals surface area contributed by atoms with Gasteiger partial charge >= 0.3 is 0 Å². The zero-order chi connectivity index (χ0) is 12.7. The van der Waals surface area contributed by atoms with Gasteiger partial charge in [0.15, 0.2) is 0 Å². The number of halogens is 1. The van der Waals surface area contributed by atoms with E-state index >= 15 is 0 Å². The van der Waals surface area contributed by atoms with E-state index in [-0.39, 0.29) is 18.3 Å². The summed E-state index contributed by atoms with van der Waals surface area (Å²) in [6, 6.07) is 0.828. The first kappa shape index (κ1) is 15.1. The Kier molecular flexibility index (Phi) is 4.78. The van der Waals surface area contributed by atoms with Crippen LogP contribution in [-0.4, -0.2) is 18.0 Å². The van der Waals surface area contributed by atoms with Crippen LogP contribution in [0, 0.1) is 23.7 Å². The highest BCUT2D eigenvalue weighted by molar-refractivity contribution is 5.85. The minimum Gasteiger partial charge on any atom is -0.353 e. The number of nitrogens with two attached hydrogens (primary N) is 1. The molecular weight excluding hydrogens is 260 g/mol. The number of carbonyl (C=O) groups excluding carboxylic acids is 1. The van der Waals surface area contributed by atoms with Gasteiger partial charge < -0.3 is 11.1 Å². The number of nitrogens with one attached hydrogen (secondary N) is 1. The Balaban J connectivity index is 0.00000133. The number of amides is 1. The number of fused-ring (bicyclic) bond motifs is 2. The molecule has 1 amide bonds. The molecule has 0 aliphatic heterocycles. The molecule has 0 aromatic heterocycles. The third kappa shape index (κ3) is 3.08. The largest absolute Gasteiger partial charge is 0.353 e. The molecule has 110 valence electrons. The van der Waals surface area contributed by atoms with Crippen molar-refractivity contribution in [2.75, 3.05) is 0 Å². The average molecular weight is 287 g/mol. The number of hydrogen-bond acceptors (Lipinski definition) is 2. The normalized spacial score (nSPS) is 44.7. The first-order valence-electron chi connectivity index (χ1n) is 7.69. The Bertz CT molecular complexity index is 316. The molecule has 0 radical (unpaired) electrons. The summed E-state index contributed by atoms with van der Waals surface area (Å²) >= 11 is 0. The highest BCUT2D eigenvalue weighted by atomic mass is 35.5. The van der Waals surface area contributed by atoms with Crippen molar-refractivity contribution in [1.82, 2.24) is 5.32 Å². The average Bonchev–Trinajstić information content (AvgIpc) is 2.26. The Hall–Kier alpha value is -0.280. The van der Waals surface area contributed by atoms with Crippen LogP contribution in [0.4, 0.5) is 0 Å². The van der Waals surface area contributed by atoms with Gasteiger partial charge in [-0.1, -0.05) is 13.3 Å². The molecule has 3 fully saturated rings. The summed E-state index contributed by atoms with van der Waals surface area (Å²) in [6.07, 6.45) is 8.20. The van der Waals surface area contributed by atoms with E-state index in [1.54, 1.807) is 0 Å². The minimum absolute atomic E-state index is 0. The molecule has 2 bridgehead atoms. The lowest BCUT2D eigenvalue weighted by Crippen LogP contribution is -2.51. The van der Waals surface area contributed by atoms with Gasteiger partial charge in [0.05, 0.1) is 0 Å². The topological polar surface area (TPSA) is 55.1 Å². The van der Waals surface area contributed by atoms with Crippen LogP contribution in [0.15, 0.2) is 0 Å². The van der Waals surface area contributed by atoms with Crippen molar-refractivity contribution in [3.05, 3.63) is 0 Å². The van der Waals surface area contributed by atoms with Crippen LogP contribution >= 0.6 is 12.4 Å². The first-order valence-corrected chi connectivity index (χ1v) is 7.69. The highest BCUT2D eigenvalue weighted by Gasteiger charge is 2.41. The lowest BCUT2D eigenvalue weighted by Gasteiger charge is -2.44. The third-order valence-corrected chi connectivity index (χ3v) is 5.50. The fourth-order valence-electron chi connectivity index (χ4n) is 4.34. The molecule has 3 nitrogen and oxygen atoms in total. The molecule has 2 atom stereocenters. The Morgan fingerprint density at radius 1 is 1.11 bits per heavy atom. The number of hydrogen-bond donors (Lipinski definition) is 2. The Morgan fingerprint density at radius 2 is 1.68 bits per heavy atom. The molecular formula is C15H27ClN2O. The molecule has 0 spiro atoms. The smallest absolute Gasteiger partial charge is 0.223 e. The van der Waals surface area contributed by atoms with Gasteiger partial charge in [-0.3, -0.25) is 4.79 Å². The van der Waals surface area contributed by atoms with E-state index in [0.717, 1.165) is 18.8 Å². The number of rotatable bonds is 2. The Morgan fingerprint density at radius 3 is 2.21 bits per heavy atom. The van der Waals surface area contributed by atoms with Crippen molar-refractivity contribution >= 4 is 18.3 Å². The molecule has 4 heteroatoms. The molecule has 0 heterocycles. The van der Waals surface area contributed by atoms with Gasteiger partial charge in [0.1, 0.15) is 0 Å². The van der Waals surface area contributed by atoms with Crippen molar-refractivity contribution in [2.24, 2.45) is 29.4 Å². The summed E-state index contributed by atoms with van der Waals surface area (Å²) < 4.78 is 0. The lowest BCUT2D eigenvalue weighted by atomic mass is 9.65. The fraction of sp³-hybridized carbons (Fsp3) is 0.933. The maximum Gasteiger partial charge on any atom is 0.223 e. The monoisotopic (exact) mass is 286 g/mol. The van der Waals surface area contributed by atoms with Crippen LogP contribution < -0.4 is 11.1 Å². The predicted octanol–water partition coefficient (Wildman–Crippen LogP) is 2.48. The van der Waals surface area contributed by atoms with Gasteiger partial charge in [0.2, 0.25) is 5.91 Å². The van der Waals surface area contributed by atoms with Crippen molar-refractivity contribution < 1.29 is 4.79 Å². The Labute approximate surface area is 122 Å². The van der Waals surface area contributed by atoms with Crippen LogP contribution in [0.1, 0.15) is 51.9 Å². The second-order valence-electron chi connectivity index (χ2n) is 6.98. The molecule has 3 aliphatic carbocycles. The van der Waals surface area contributed by atoms with Crippen LogP contribution in [0.5, 0.6) is 0 Å². The summed E-state index contributed by atoms with van der Waals surface area (Å²) in [6.45, 7) is 2.26. The third-order valence-electron chi connectivity index (χ3n) is 5.50. The molecule has 3 saturated carbocycles. The van der Waals surface area contributed by atoms with E-state index in [1.807, 2.05) is 0 Å². The first-order chi connectivity index (χ1) is 8.63. The van der Waals surface area contributed by atoms with Crippen molar-refractivity contribution in [1.29, 1.82) is 0 Å². The summed E-state index contributed by atoms with van der Waals surface area (Å²) in [5, 5.41) is 3.24. The van der Waals surface area contributed by atoms with Gasteiger partial charge in [-0.05, 0) is 56.3 Å². The van der Waals surface area contributed by atoms with Gasteiger partial charge in [-0.2, -0.15) is 0 Å². The van der Waals surface area contributed by atoms with Crippen LogP contribution in [0.25, 0.3) is 0 Å². The van der Waals surface area contributed by atoms with Crippen molar-refractivity contribution in [3.8, 4) is 0 Å². The SMILES string of the molecule is CC1CC(NC(=O)C2CC3CCCC(C2)C3N)C1.Cl. The summed E-state index contributed by atoms with van der Waals surface area (Å²) in [4.78, 5) is 12.3. The molecule has 3 N–H and O–H groups in total. The molecule has 3 rings (SSSR count). The molecule has 19 heavy (non-hydrogen) atoms. The predicted molar refractivity (Wildman–Crippen MR) is 79.1 cm³/mol.